The lowest BCUT2D eigenvalue weighted by atomic mass is 10.2. The minimum absolute atomic E-state index is 0.0502. The third-order valence-corrected chi connectivity index (χ3v) is 5.33. The summed E-state index contributed by atoms with van der Waals surface area (Å²) in [6.07, 6.45) is 8.20. The molecule has 26 heavy (non-hydrogen) atoms. The first kappa shape index (κ1) is 18.7. The summed E-state index contributed by atoms with van der Waals surface area (Å²) in [4.78, 5) is 30.5. The Hall–Kier alpha value is -2.11. The highest BCUT2D eigenvalue weighted by molar-refractivity contribution is 5.82. The summed E-state index contributed by atoms with van der Waals surface area (Å²) in [6.45, 7) is 5.10. The van der Waals surface area contributed by atoms with Gasteiger partial charge in [0.05, 0.1) is 0 Å². The van der Waals surface area contributed by atoms with Crippen molar-refractivity contribution in [1.29, 1.82) is 0 Å². The number of rotatable bonds is 7. The quantitative estimate of drug-likeness (QED) is 0.784. The number of nitrogens with zero attached hydrogens (tertiary/aromatic N) is 2. The van der Waals surface area contributed by atoms with Crippen LogP contribution in [0.4, 0.5) is 5.82 Å². The van der Waals surface area contributed by atoms with Crippen LogP contribution in [0.3, 0.4) is 0 Å². The van der Waals surface area contributed by atoms with E-state index in [4.69, 9.17) is 0 Å². The molecule has 1 aromatic heterocycles. The molecule has 2 unspecified atom stereocenters. The van der Waals surface area contributed by atoms with E-state index in [1.165, 1.54) is 25.7 Å². The minimum atomic E-state index is -0.0502. The number of nitrogens with one attached hydrogen (secondary N) is 2. The van der Waals surface area contributed by atoms with Crippen LogP contribution in [-0.2, 0) is 16.1 Å². The lowest BCUT2D eigenvalue weighted by Crippen LogP contribution is -2.31. The van der Waals surface area contributed by atoms with Gasteiger partial charge in [0.15, 0.2) is 0 Å². The van der Waals surface area contributed by atoms with E-state index in [1.54, 1.807) is 0 Å². The molecule has 1 aromatic rings. The first-order valence-electron chi connectivity index (χ1n) is 9.88. The first-order valence-corrected chi connectivity index (χ1v) is 9.88. The van der Waals surface area contributed by atoms with Crippen LogP contribution in [0.2, 0.25) is 0 Å². The van der Waals surface area contributed by atoms with Crippen molar-refractivity contribution < 1.29 is 9.59 Å². The van der Waals surface area contributed by atoms with Crippen LogP contribution in [0.5, 0.6) is 0 Å². The van der Waals surface area contributed by atoms with Crippen LogP contribution in [0.15, 0.2) is 18.3 Å². The molecule has 2 fully saturated rings. The largest absolute Gasteiger partial charge is 0.357 e. The number of pyridine rings is 1. The summed E-state index contributed by atoms with van der Waals surface area (Å²) in [6, 6.07) is 4.08. The number of hydrogen-bond acceptors (Lipinski definition) is 4. The SMILES string of the molecule is CC1CC1C(=O)NCCC(=O)NCc1ccc(N2CCCCCC2)nc1. The second kappa shape index (κ2) is 9.01. The Morgan fingerprint density at radius 1 is 1.15 bits per heavy atom. The minimum Gasteiger partial charge on any atom is -0.357 e. The van der Waals surface area contributed by atoms with Gasteiger partial charge in [-0.15, -0.1) is 0 Å². The summed E-state index contributed by atoms with van der Waals surface area (Å²) < 4.78 is 0. The maximum Gasteiger partial charge on any atom is 0.223 e. The van der Waals surface area contributed by atoms with Crippen LogP contribution < -0.4 is 15.5 Å². The number of anilines is 1. The van der Waals surface area contributed by atoms with Crippen molar-refractivity contribution >= 4 is 17.6 Å². The van der Waals surface area contributed by atoms with Gasteiger partial charge in [-0.3, -0.25) is 9.59 Å². The molecule has 2 aliphatic rings. The van der Waals surface area contributed by atoms with Crippen molar-refractivity contribution in [2.24, 2.45) is 11.8 Å². The molecule has 3 rings (SSSR count). The summed E-state index contributed by atoms with van der Waals surface area (Å²) in [5.41, 5.74) is 0.993. The number of carbonyl (C=O) groups excluding carboxylic acids is 2. The molecule has 2 N–H and O–H groups in total. The van der Waals surface area contributed by atoms with Crippen LogP contribution in [0.25, 0.3) is 0 Å². The zero-order valence-corrected chi connectivity index (χ0v) is 15.7. The van der Waals surface area contributed by atoms with Crippen LogP contribution in [-0.4, -0.2) is 36.4 Å². The number of hydrogen-bond donors (Lipinski definition) is 2. The van der Waals surface area contributed by atoms with Gasteiger partial charge in [-0.25, -0.2) is 4.98 Å². The van der Waals surface area contributed by atoms with Crippen molar-refractivity contribution in [3.05, 3.63) is 23.9 Å². The van der Waals surface area contributed by atoms with Gasteiger partial charge in [-0.2, -0.15) is 0 Å². The molecule has 6 heteroatoms. The lowest BCUT2D eigenvalue weighted by molar-refractivity contribution is -0.123. The normalized spacial score (nSPS) is 22.4. The average molecular weight is 358 g/mol. The van der Waals surface area contributed by atoms with E-state index in [0.29, 0.717) is 25.4 Å². The van der Waals surface area contributed by atoms with Crippen molar-refractivity contribution in [3.63, 3.8) is 0 Å². The molecule has 0 aromatic carbocycles. The predicted molar refractivity (Wildman–Crippen MR) is 102 cm³/mol. The Balaban J connectivity index is 1.36. The third-order valence-electron chi connectivity index (χ3n) is 5.33. The van der Waals surface area contributed by atoms with E-state index in [2.05, 4.69) is 27.4 Å². The van der Waals surface area contributed by atoms with Gasteiger partial charge in [0.25, 0.3) is 0 Å². The van der Waals surface area contributed by atoms with E-state index in [0.717, 1.165) is 30.9 Å². The zero-order chi connectivity index (χ0) is 18.4. The average Bonchev–Trinajstić information content (AvgIpc) is 3.43. The summed E-state index contributed by atoms with van der Waals surface area (Å²) in [7, 11) is 0. The van der Waals surface area contributed by atoms with E-state index in [1.807, 2.05) is 18.3 Å². The maximum atomic E-state index is 11.9. The van der Waals surface area contributed by atoms with E-state index >= 15 is 0 Å². The molecule has 0 spiro atoms. The van der Waals surface area contributed by atoms with Crippen molar-refractivity contribution in [1.82, 2.24) is 15.6 Å². The standard InChI is InChI=1S/C20H30N4O2/c1-15-12-17(15)20(26)21-9-8-19(25)23-14-16-6-7-18(22-13-16)24-10-4-2-3-5-11-24/h6-7,13,15,17H,2-5,8-12,14H2,1H3,(H,21,26)(H,23,25). The highest BCUT2D eigenvalue weighted by Gasteiger charge is 2.38. The number of carbonyl (C=O) groups is 2. The van der Waals surface area contributed by atoms with Gasteiger partial charge in [0.2, 0.25) is 11.8 Å². The van der Waals surface area contributed by atoms with Gasteiger partial charge in [0.1, 0.15) is 5.82 Å². The molecule has 2 atom stereocenters. The molecular formula is C20H30N4O2. The van der Waals surface area contributed by atoms with Gasteiger partial charge in [-0.1, -0.05) is 25.8 Å². The van der Waals surface area contributed by atoms with Gasteiger partial charge in [-0.05, 0) is 36.8 Å². The van der Waals surface area contributed by atoms with Crippen LogP contribution in [0, 0.1) is 11.8 Å². The third kappa shape index (κ3) is 5.44. The first-order chi connectivity index (χ1) is 12.6. The molecule has 1 saturated carbocycles. The Morgan fingerprint density at radius 3 is 2.50 bits per heavy atom. The van der Waals surface area contributed by atoms with Gasteiger partial charge < -0.3 is 15.5 Å². The zero-order valence-electron chi connectivity index (χ0n) is 15.7. The smallest absolute Gasteiger partial charge is 0.223 e. The fraction of sp³-hybridized carbons (Fsp3) is 0.650. The topological polar surface area (TPSA) is 74.3 Å². The number of aromatic nitrogens is 1. The Bertz CT molecular complexity index is 609. The second-order valence-corrected chi connectivity index (χ2v) is 7.56. The summed E-state index contributed by atoms with van der Waals surface area (Å²) in [5, 5.41) is 5.73. The van der Waals surface area contributed by atoms with E-state index < -0.39 is 0 Å². The second-order valence-electron chi connectivity index (χ2n) is 7.56. The van der Waals surface area contributed by atoms with Gasteiger partial charge >= 0.3 is 0 Å². The Labute approximate surface area is 155 Å². The fourth-order valence-corrected chi connectivity index (χ4v) is 3.41. The van der Waals surface area contributed by atoms with E-state index in [9.17, 15) is 9.59 Å². The highest BCUT2D eigenvalue weighted by Crippen LogP contribution is 2.37. The van der Waals surface area contributed by atoms with Crippen molar-refractivity contribution in [2.75, 3.05) is 24.5 Å². The monoisotopic (exact) mass is 358 g/mol. The van der Waals surface area contributed by atoms with E-state index in [-0.39, 0.29) is 17.7 Å². The number of amides is 2. The molecule has 142 valence electrons. The maximum absolute atomic E-state index is 11.9. The molecule has 0 bridgehead atoms. The predicted octanol–water partition coefficient (Wildman–Crippen LogP) is 2.24. The molecule has 0 radical (unpaired) electrons. The molecule has 1 saturated heterocycles. The summed E-state index contributed by atoms with van der Waals surface area (Å²) >= 11 is 0. The molecule has 1 aliphatic heterocycles. The Morgan fingerprint density at radius 2 is 1.88 bits per heavy atom. The molecule has 2 amide bonds. The fourth-order valence-electron chi connectivity index (χ4n) is 3.41. The molecule has 6 nitrogen and oxygen atoms in total. The van der Waals surface area contributed by atoms with Crippen molar-refractivity contribution in [2.45, 2.75) is 52.0 Å². The Kier molecular flexibility index (Phi) is 6.47. The highest BCUT2D eigenvalue weighted by atomic mass is 16.2. The summed E-state index contributed by atoms with van der Waals surface area (Å²) in [5.74, 6) is 1.71. The van der Waals surface area contributed by atoms with Crippen molar-refractivity contribution in [3.8, 4) is 0 Å². The lowest BCUT2D eigenvalue weighted by Gasteiger charge is -2.21. The van der Waals surface area contributed by atoms with Crippen LogP contribution >= 0.6 is 0 Å². The molecular weight excluding hydrogens is 328 g/mol. The van der Waals surface area contributed by atoms with Gasteiger partial charge in [0, 0.05) is 44.7 Å². The van der Waals surface area contributed by atoms with Crippen LogP contribution in [0.1, 0.15) is 51.0 Å². The molecule has 2 heterocycles. The molecule has 1 aliphatic carbocycles.